The Labute approximate surface area is 130 Å². The third kappa shape index (κ3) is 3.60. The Bertz CT molecular complexity index is 610. The van der Waals surface area contributed by atoms with Crippen LogP contribution in [-0.2, 0) is 0 Å². The molecule has 0 aliphatic rings. The number of hydrogen-bond donors (Lipinski definition) is 2. The second-order valence-electron chi connectivity index (χ2n) is 4.62. The quantitative estimate of drug-likeness (QED) is 0.833. The van der Waals surface area contributed by atoms with E-state index >= 15 is 0 Å². The lowest BCUT2D eigenvalue weighted by molar-refractivity contribution is 0.220. The molecular weight excluding hydrogens is 282 g/mol. The van der Waals surface area contributed by atoms with Crippen LogP contribution in [0.2, 0.25) is 0 Å². The van der Waals surface area contributed by atoms with Crippen LogP contribution in [0.15, 0.2) is 48.5 Å². The monoisotopic (exact) mass is 301 g/mol. The minimum absolute atomic E-state index is 0.653. The number of thiocarbonyl (C=S) groups is 1. The molecule has 0 bridgehead atoms. The molecule has 1 unspecified atom stereocenters. The number of rotatable bonds is 5. The van der Waals surface area contributed by atoms with E-state index in [4.69, 9.17) is 17.0 Å². The zero-order valence-corrected chi connectivity index (χ0v) is 13.0. The van der Waals surface area contributed by atoms with E-state index in [-0.39, 0.29) is 0 Å². The van der Waals surface area contributed by atoms with E-state index < -0.39 is 6.10 Å². The van der Waals surface area contributed by atoms with Crippen molar-refractivity contribution >= 4 is 17.2 Å². The normalized spacial score (nSPS) is 11.8. The van der Waals surface area contributed by atoms with Gasteiger partial charge in [0.2, 0.25) is 0 Å². The summed E-state index contributed by atoms with van der Waals surface area (Å²) >= 11 is 5.37. The molecule has 0 aromatic heterocycles. The number of hydrogen-bond acceptors (Lipinski definition) is 3. The molecule has 0 aliphatic carbocycles. The molecule has 2 rings (SSSR count). The van der Waals surface area contributed by atoms with E-state index in [9.17, 15) is 5.11 Å². The molecular formula is C17H19NO2S. The summed E-state index contributed by atoms with van der Waals surface area (Å²) in [6.45, 7) is 2.75. The topological polar surface area (TPSA) is 41.5 Å². The molecule has 2 aromatic rings. The van der Waals surface area contributed by atoms with Crippen LogP contribution in [0.25, 0.3) is 0 Å². The van der Waals surface area contributed by atoms with E-state index in [0.29, 0.717) is 4.99 Å². The summed E-state index contributed by atoms with van der Waals surface area (Å²) < 4.78 is 5.14. The Morgan fingerprint density at radius 1 is 1.19 bits per heavy atom. The second-order valence-corrected chi connectivity index (χ2v) is 5.03. The van der Waals surface area contributed by atoms with Crippen LogP contribution in [0.3, 0.4) is 0 Å². The molecule has 110 valence electrons. The summed E-state index contributed by atoms with van der Waals surface area (Å²) in [6.07, 6.45) is -0.719. The highest BCUT2D eigenvalue weighted by molar-refractivity contribution is 7.80. The predicted octanol–water partition coefficient (Wildman–Crippen LogP) is 3.06. The van der Waals surface area contributed by atoms with E-state index in [2.05, 4.69) is 5.32 Å². The first kappa shape index (κ1) is 15.5. The van der Waals surface area contributed by atoms with Crippen molar-refractivity contribution in [3.8, 4) is 5.75 Å². The van der Waals surface area contributed by atoms with Crippen molar-refractivity contribution in [2.75, 3.05) is 13.7 Å². The fourth-order valence-corrected chi connectivity index (χ4v) is 2.49. The lowest BCUT2D eigenvalue weighted by Crippen LogP contribution is -2.23. The standard InChI is InChI=1S/C17H19NO2S/c1-3-18-17(21)15-7-5-4-6-14(15)16(19)12-8-10-13(20-2)11-9-12/h4-11,16,19H,3H2,1-2H3,(H,18,21). The molecule has 0 amide bonds. The third-order valence-electron chi connectivity index (χ3n) is 3.27. The molecule has 2 N–H and O–H groups in total. The van der Waals surface area contributed by atoms with Gasteiger partial charge in [-0.1, -0.05) is 48.6 Å². The van der Waals surface area contributed by atoms with Crippen LogP contribution in [0.4, 0.5) is 0 Å². The Hall–Kier alpha value is -1.91. The van der Waals surface area contributed by atoms with Gasteiger partial charge in [0, 0.05) is 12.1 Å². The maximum absolute atomic E-state index is 10.6. The van der Waals surface area contributed by atoms with Crippen molar-refractivity contribution in [3.63, 3.8) is 0 Å². The largest absolute Gasteiger partial charge is 0.497 e. The summed E-state index contributed by atoms with van der Waals surface area (Å²) in [4.78, 5) is 0.653. The minimum atomic E-state index is -0.719. The van der Waals surface area contributed by atoms with E-state index in [1.807, 2.05) is 55.5 Å². The fraction of sp³-hybridized carbons (Fsp3) is 0.235. The Morgan fingerprint density at radius 3 is 2.48 bits per heavy atom. The fourth-order valence-electron chi connectivity index (χ4n) is 2.16. The first-order chi connectivity index (χ1) is 10.2. The highest BCUT2D eigenvalue weighted by Gasteiger charge is 2.16. The summed E-state index contributed by atoms with van der Waals surface area (Å²) in [6, 6.07) is 15.0. The third-order valence-corrected chi connectivity index (χ3v) is 3.63. The van der Waals surface area contributed by atoms with Gasteiger partial charge >= 0.3 is 0 Å². The van der Waals surface area contributed by atoms with Gasteiger partial charge in [0.05, 0.1) is 7.11 Å². The summed E-state index contributed by atoms with van der Waals surface area (Å²) in [7, 11) is 1.62. The van der Waals surface area contributed by atoms with E-state index in [1.54, 1.807) is 7.11 Å². The van der Waals surface area contributed by atoms with Crippen molar-refractivity contribution in [3.05, 3.63) is 65.2 Å². The molecule has 21 heavy (non-hydrogen) atoms. The molecule has 2 aromatic carbocycles. The Morgan fingerprint density at radius 2 is 1.86 bits per heavy atom. The molecule has 0 saturated carbocycles. The van der Waals surface area contributed by atoms with Gasteiger partial charge in [-0.05, 0) is 30.2 Å². The van der Waals surface area contributed by atoms with Gasteiger partial charge < -0.3 is 15.2 Å². The van der Waals surface area contributed by atoms with E-state index in [0.717, 1.165) is 29.0 Å². The van der Waals surface area contributed by atoms with E-state index in [1.165, 1.54) is 0 Å². The summed E-state index contributed by atoms with van der Waals surface area (Å²) in [5.41, 5.74) is 2.47. The SMILES string of the molecule is CCNC(=S)c1ccccc1C(O)c1ccc(OC)cc1. The predicted molar refractivity (Wildman–Crippen MR) is 88.9 cm³/mol. The van der Waals surface area contributed by atoms with Crippen LogP contribution in [-0.4, -0.2) is 23.7 Å². The van der Waals surface area contributed by atoms with Gasteiger partial charge in [-0.15, -0.1) is 0 Å². The van der Waals surface area contributed by atoms with Crippen LogP contribution >= 0.6 is 12.2 Å². The zero-order valence-electron chi connectivity index (χ0n) is 12.2. The lowest BCUT2D eigenvalue weighted by Gasteiger charge is -2.17. The van der Waals surface area contributed by atoms with Gasteiger partial charge in [-0.2, -0.15) is 0 Å². The van der Waals surface area contributed by atoms with Gasteiger partial charge in [0.25, 0.3) is 0 Å². The maximum atomic E-state index is 10.6. The van der Waals surface area contributed by atoms with Crippen molar-refractivity contribution in [1.82, 2.24) is 5.32 Å². The molecule has 0 heterocycles. The van der Waals surface area contributed by atoms with Crippen molar-refractivity contribution in [1.29, 1.82) is 0 Å². The summed E-state index contributed by atoms with van der Waals surface area (Å²) in [5, 5.41) is 13.8. The second kappa shape index (κ2) is 7.20. The van der Waals surface area contributed by atoms with Crippen LogP contribution in [0.5, 0.6) is 5.75 Å². The number of ether oxygens (including phenoxy) is 1. The average Bonchev–Trinajstić information content (AvgIpc) is 2.54. The molecule has 0 aliphatic heterocycles. The number of nitrogens with one attached hydrogen (secondary N) is 1. The number of methoxy groups -OCH3 is 1. The maximum Gasteiger partial charge on any atom is 0.118 e. The van der Waals surface area contributed by atoms with Gasteiger partial charge in [-0.3, -0.25) is 0 Å². The van der Waals surface area contributed by atoms with Gasteiger partial charge in [-0.25, -0.2) is 0 Å². The Kier molecular flexibility index (Phi) is 5.31. The minimum Gasteiger partial charge on any atom is -0.497 e. The first-order valence-corrected chi connectivity index (χ1v) is 7.27. The Balaban J connectivity index is 2.33. The van der Waals surface area contributed by atoms with Crippen molar-refractivity contribution in [2.45, 2.75) is 13.0 Å². The first-order valence-electron chi connectivity index (χ1n) is 6.86. The highest BCUT2D eigenvalue weighted by atomic mass is 32.1. The molecule has 4 heteroatoms. The van der Waals surface area contributed by atoms with Gasteiger partial charge in [0.15, 0.2) is 0 Å². The molecule has 1 atom stereocenters. The molecule has 0 saturated heterocycles. The lowest BCUT2D eigenvalue weighted by atomic mass is 9.96. The molecule has 0 spiro atoms. The van der Waals surface area contributed by atoms with Crippen molar-refractivity contribution < 1.29 is 9.84 Å². The smallest absolute Gasteiger partial charge is 0.118 e. The summed E-state index contributed by atoms with van der Waals surface area (Å²) in [5.74, 6) is 0.766. The number of benzene rings is 2. The molecule has 0 radical (unpaired) electrons. The molecule has 0 fully saturated rings. The van der Waals surface area contributed by atoms with Crippen molar-refractivity contribution in [2.24, 2.45) is 0 Å². The van der Waals surface area contributed by atoms with Crippen LogP contribution < -0.4 is 10.1 Å². The number of aliphatic hydroxyl groups excluding tert-OH is 1. The van der Waals surface area contributed by atoms with Gasteiger partial charge in [0.1, 0.15) is 16.8 Å². The van der Waals surface area contributed by atoms with Crippen LogP contribution in [0.1, 0.15) is 29.7 Å². The zero-order chi connectivity index (χ0) is 15.2. The number of aliphatic hydroxyl groups is 1. The van der Waals surface area contributed by atoms with Crippen LogP contribution in [0, 0.1) is 0 Å². The highest BCUT2D eigenvalue weighted by Crippen LogP contribution is 2.26. The average molecular weight is 301 g/mol. The molecule has 3 nitrogen and oxygen atoms in total.